The van der Waals surface area contributed by atoms with Crippen LogP contribution < -0.4 is 10.2 Å². The lowest BCUT2D eigenvalue weighted by molar-refractivity contribution is 0.409. The summed E-state index contributed by atoms with van der Waals surface area (Å²) in [6.07, 6.45) is 5.50. The molecule has 5 heteroatoms. The third-order valence-electron chi connectivity index (χ3n) is 4.63. The Morgan fingerprint density at radius 2 is 2.18 bits per heavy atom. The molecular formula is C17H18N2O2S. The highest BCUT2D eigenvalue weighted by Gasteiger charge is 2.38. The number of hydrazone groups is 1. The predicted molar refractivity (Wildman–Crippen MR) is 88.0 cm³/mol. The van der Waals surface area contributed by atoms with E-state index in [1.54, 1.807) is 7.11 Å². The molecule has 2 heterocycles. The van der Waals surface area contributed by atoms with Gasteiger partial charge in [-0.05, 0) is 36.5 Å². The Kier molecular flexibility index (Phi) is 3.37. The quantitative estimate of drug-likeness (QED) is 0.912. The number of fused-ring (bicyclic) bond motifs is 1. The number of nitrogens with one attached hydrogen (secondary N) is 1. The standard InChI is InChI=1S/C17H18N2O2S/c1-21-14-5-3-2-4-12(14)16-10-13-15(22(16)20)7-6-11-8-9-18-19-17(11)13/h2-5,9,16,19H,6-8,10H2,1H3. The van der Waals surface area contributed by atoms with Crippen LogP contribution in [0.1, 0.15) is 36.5 Å². The summed E-state index contributed by atoms with van der Waals surface area (Å²) in [7, 11) is 0.687. The second-order valence-corrected chi connectivity index (χ2v) is 7.40. The lowest BCUT2D eigenvalue weighted by Gasteiger charge is -2.23. The first kappa shape index (κ1) is 13.8. The van der Waals surface area contributed by atoms with Gasteiger partial charge < -0.3 is 4.74 Å². The summed E-state index contributed by atoms with van der Waals surface area (Å²) in [5.41, 5.74) is 7.91. The molecule has 2 aliphatic heterocycles. The third kappa shape index (κ3) is 2.03. The molecule has 1 aromatic rings. The van der Waals surface area contributed by atoms with Crippen molar-refractivity contribution in [3.8, 4) is 5.75 Å². The van der Waals surface area contributed by atoms with Crippen LogP contribution in [-0.2, 0) is 10.8 Å². The number of ether oxygens (including phenoxy) is 1. The summed E-state index contributed by atoms with van der Waals surface area (Å²) < 4.78 is 18.5. The largest absolute Gasteiger partial charge is 0.496 e. The topological polar surface area (TPSA) is 50.7 Å². The summed E-state index contributed by atoms with van der Waals surface area (Å²) >= 11 is 0. The third-order valence-corrected chi connectivity index (χ3v) is 6.50. The molecule has 0 bridgehead atoms. The van der Waals surface area contributed by atoms with Crippen molar-refractivity contribution in [1.29, 1.82) is 0 Å². The lowest BCUT2D eigenvalue weighted by atomic mass is 9.90. The molecule has 4 rings (SSSR count). The van der Waals surface area contributed by atoms with E-state index in [1.165, 1.54) is 11.1 Å². The number of nitrogens with zero attached hydrogens (tertiary/aromatic N) is 1. The number of benzene rings is 1. The van der Waals surface area contributed by atoms with E-state index in [4.69, 9.17) is 4.74 Å². The Morgan fingerprint density at radius 3 is 3.05 bits per heavy atom. The minimum atomic E-state index is -0.982. The SMILES string of the molecule is COc1ccccc1C1CC2=C(CCC3=C2NN=CC3)S1=O. The summed E-state index contributed by atoms with van der Waals surface area (Å²) in [6, 6.07) is 7.91. The van der Waals surface area contributed by atoms with Crippen LogP contribution in [0.15, 0.2) is 51.1 Å². The van der Waals surface area contributed by atoms with Crippen LogP contribution in [-0.4, -0.2) is 17.5 Å². The Bertz CT molecular complexity index is 749. The van der Waals surface area contributed by atoms with Crippen molar-refractivity contribution in [3.63, 3.8) is 0 Å². The van der Waals surface area contributed by atoms with Crippen LogP contribution in [0, 0.1) is 0 Å². The summed E-state index contributed by atoms with van der Waals surface area (Å²) in [5, 5.41) is 4.17. The van der Waals surface area contributed by atoms with Crippen molar-refractivity contribution in [1.82, 2.24) is 5.43 Å². The van der Waals surface area contributed by atoms with Crippen LogP contribution in [0.25, 0.3) is 0 Å². The first-order valence-electron chi connectivity index (χ1n) is 7.55. The lowest BCUT2D eigenvalue weighted by Crippen LogP contribution is -2.19. The van der Waals surface area contributed by atoms with Crippen molar-refractivity contribution in [2.75, 3.05) is 7.11 Å². The monoisotopic (exact) mass is 314 g/mol. The molecule has 2 unspecified atom stereocenters. The van der Waals surface area contributed by atoms with Gasteiger partial charge in [-0.25, -0.2) is 0 Å². The van der Waals surface area contributed by atoms with E-state index >= 15 is 0 Å². The molecule has 1 aromatic carbocycles. The highest BCUT2D eigenvalue weighted by atomic mass is 32.2. The molecule has 0 radical (unpaired) electrons. The van der Waals surface area contributed by atoms with Crippen molar-refractivity contribution >= 4 is 17.0 Å². The highest BCUT2D eigenvalue weighted by molar-refractivity contribution is 7.89. The maximum atomic E-state index is 13.0. The molecule has 0 saturated carbocycles. The molecule has 1 aliphatic carbocycles. The molecule has 22 heavy (non-hydrogen) atoms. The van der Waals surface area contributed by atoms with Crippen LogP contribution in [0.4, 0.5) is 0 Å². The van der Waals surface area contributed by atoms with Gasteiger partial charge in [0.15, 0.2) is 0 Å². The molecule has 0 amide bonds. The first-order valence-corrected chi connectivity index (χ1v) is 8.76. The average molecular weight is 314 g/mol. The van der Waals surface area contributed by atoms with Crippen molar-refractivity contribution < 1.29 is 8.95 Å². The Hall–Kier alpha value is -1.88. The molecule has 0 fully saturated rings. The van der Waals surface area contributed by atoms with Gasteiger partial charge in [0.2, 0.25) is 0 Å². The Balaban J connectivity index is 1.71. The molecule has 0 spiro atoms. The number of allylic oxidation sites excluding steroid dienone is 3. The predicted octanol–water partition coefficient (Wildman–Crippen LogP) is 3.17. The van der Waals surface area contributed by atoms with Gasteiger partial charge >= 0.3 is 0 Å². The number of rotatable bonds is 2. The maximum absolute atomic E-state index is 13.0. The van der Waals surface area contributed by atoms with Gasteiger partial charge in [0, 0.05) is 23.1 Å². The number of hydrogen-bond acceptors (Lipinski definition) is 4. The van der Waals surface area contributed by atoms with E-state index in [-0.39, 0.29) is 5.25 Å². The van der Waals surface area contributed by atoms with Crippen LogP contribution in [0.5, 0.6) is 5.75 Å². The summed E-state index contributed by atoms with van der Waals surface area (Å²) in [6.45, 7) is 0. The van der Waals surface area contributed by atoms with Crippen LogP contribution in [0.2, 0.25) is 0 Å². The molecule has 2 atom stereocenters. The van der Waals surface area contributed by atoms with E-state index in [0.29, 0.717) is 0 Å². The normalized spacial score (nSPS) is 26.6. The smallest absolute Gasteiger partial charge is 0.123 e. The van der Waals surface area contributed by atoms with E-state index in [9.17, 15) is 4.21 Å². The second kappa shape index (κ2) is 5.39. The molecule has 0 aromatic heterocycles. The van der Waals surface area contributed by atoms with Crippen molar-refractivity contribution in [3.05, 3.63) is 51.6 Å². The molecular weight excluding hydrogens is 296 g/mol. The molecule has 1 N–H and O–H groups in total. The maximum Gasteiger partial charge on any atom is 0.123 e. The van der Waals surface area contributed by atoms with Gasteiger partial charge in [-0.15, -0.1) is 0 Å². The zero-order chi connectivity index (χ0) is 15.1. The van der Waals surface area contributed by atoms with Gasteiger partial charge in [0.25, 0.3) is 0 Å². The fourth-order valence-corrected chi connectivity index (χ4v) is 5.36. The van der Waals surface area contributed by atoms with Gasteiger partial charge in [0.1, 0.15) is 5.75 Å². The van der Waals surface area contributed by atoms with Crippen molar-refractivity contribution in [2.45, 2.75) is 30.9 Å². The highest BCUT2D eigenvalue weighted by Crippen LogP contribution is 2.49. The molecule has 0 saturated heterocycles. The van der Waals surface area contributed by atoms with Crippen molar-refractivity contribution in [2.24, 2.45) is 5.10 Å². The minimum absolute atomic E-state index is 0.0132. The van der Waals surface area contributed by atoms with E-state index < -0.39 is 10.8 Å². The van der Waals surface area contributed by atoms with E-state index in [1.807, 2.05) is 30.5 Å². The Morgan fingerprint density at radius 1 is 1.32 bits per heavy atom. The van der Waals surface area contributed by atoms with Crippen LogP contribution in [0.3, 0.4) is 0 Å². The van der Waals surface area contributed by atoms with E-state index in [0.717, 1.165) is 47.6 Å². The fourth-order valence-electron chi connectivity index (χ4n) is 3.54. The summed E-state index contributed by atoms with van der Waals surface area (Å²) in [5.74, 6) is 0.824. The fraction of sp³-hybridized carbons (Fsp3) is 0.353. The zero-order valence-corrected chi connectivity index (χ0v) is 13.3. The molecule has 4 nitrogen and oxygen atoms in total. The average Bonchev–Trinajstić information content (AvgIpc) is 2.92. The van der Waals surface area contributed by atoms with Gasteiger partial charge in [-0.3, -0.25) is 9.63 Å². The van der Waals surface area contributed by atoms with Gasteiger partial charge in [-0.2, -0.15) is 5.10 Å². The van der Waals surface area contributed by atoms with E-state index in [2.05, 4.69) is 10.5 Å². The van der Waals surface area contributed by atoms with Crippen LogP contribution >= 0.6 is 0 Å². The second-order valence-electron chi connectivity index (χ2n) is 5.74. The summed E-state index contributed by atoms with van der Waals surface area (Å²) in [4.78, 5) is 1.10. The van der Waals surface area contributed by atoms with Gasteiger partial charge in [0.05, 0.1) is 28.9 Å². The molecule has 3 aliphatic rings. The molecule has 114 valence electrons. The number of hydrogen-bond donors (Lipinski definition) is 1. The Labute approximate surface area is 132 Å². The zero-order valence-electron chi connectivity index (χ0n) is 12.5. The number of methoxy groups -OCH3 is 1. The minimum Gasteiger partial charge on any atom is -0.496 e. The number of para-hydroxylation sites is 1. The first-order chi connectivity index (χ1) is 10.8. The van der Waals surface area contributed by atoms with Gasteiger partial charge in [-0.1, -0.05) is 18.2 Å².